The number of likely N-dealkylation sites (tertiary alicyclic amines) is 2. The number of likely N-dealkylation sites (N-methyl/N-ethyl adjacent to an activating group) is 1. The third-order valence-electron chi connectivity index (χ3n) is 5.59. The van der Waals surface area contributed by atoms with E-state index in [4.69, 9.17) is 0 Å². The second-order valence-corrected chi connectivity index (χ2v) is 8.08. The SMILES string of the molecule is CC1CCN(C(=O)C2CCN(CC(=O)NC(C)C(=O)N(C)C)CC2)CC1. The van der Waals surface area contributed by atoms with Crippen LogP contribution in [-0.2, 0) is 14.4 Å². The molecule has 2 heterocycles. The molecule has 0 spiro atoms. The number of nitrogens with one attached hydrogen (secondary N) is 1. The average molecular weight is 367 g/mol. The van der Waals surface area contributed by atoms with Crippen LogP contribution >= 0.6 is 0 Å². The van der Waals surface area contributed by atoms with E-state index < -0.39 is 6.04 Å². The summed E-state index contributed by atoms with van der Waals surface area (Å²) in [5.74, 6) is 0.866. The van der Waals surface area contributed by atoms with Gasteiger partial charge in [0.25, 0.3) is 0 Å². The first-order valence-electron chi connectivity index (χ1n) is 9.79. The van der Waals surface area contributed by atoms with Gasteiger partial charge in [-0.1, -0.05) is 6.92 Å². The Morgan fingerprint density at radius 2 is 1.62 bits per heavy atom. The van der Waals surface area contributed by atoms with Gasteiger partial charge in [0, 0.05) is 33.1 Å². The lowest BCUT2D eigenvalue weighted by molar-refractivity contribution is -0.138. The zero-order chi connectivity index (χ0) is 19.3. The first-order chi connectivity index (χ1) is 12.3. The Balaban J connectivity index is 1.72. The highest BCUT2D eigenvalue weighted by atomic mass is 16.2. The first kappa shape index (κ1) is 20.7. The molecule has 2 fully saturated rings. The maximum atomic E-state index is 12.7. The summed E-state index contributed by atoms with van der Waals surface area (Å²) in [5, 5.41) is 2.75. The highest BCUT2D eigenvalue weighted by molar-refractivity contribution is 5.87. The topological polar surface area (TPSA) is 73.0 Å². The van der Waals surface area contributed by atoms with E-state index in [0.717, 1.165) is 57.8 Å². The minimum atomic E-state index is -0.516. The van der Waals surface area contributed by atoms with Crippen LogP contribution in [0.25, 0.3) is 0 Å². The third-order valence-corrected chi connectivity index (χ3v) is 5.59. The molecule has 2 aliphatic rings. The summed E-state index contributed by atoms with van der Waals surface area (Å²) in [6, 6.07) is -0.516. The molecule has 0 aromatic carbocycles. The molecule has 2 rings (SSSR count). The smallest absolute Gasteiger partial charge is 0.244 e. The zero-order valence-electron chi connectivity index (χ0n) is 16.7. The molecule has 1 unspecified atom stereocenters. The van der Waals surface area contributed by atoms with Gasteiger partial charge in [-0.25, -0.2) is 0 Å². The number of nitrogens with zero attached hydrogens (tertiary/aromatic N) is 3. The predicted molar refractivity (Wildman–Crippen MR) is 100 cm³/mol. The fourth-order valence-corrected chi connectivity index (χ4v) is 3.76. The van der Waals surface area contributed by atoms with Crippen molar-refractivity contribution in [2.75, 3.05) is 46.8 Å². The molecule has 26 heavy (non-hydrogen) atoms. The van der Waals surface area contributed by atoms with E-state index in [9.17, 15) is 14.4 Å². The van der Waals surface area contributed by atoms with Crippen molar-refractivity contribution in [3.05, 3.63) is 0 Å². The van der Waals surface area contributed by atoms with Crippen molar-refractivity contribution in [1.29, 1.82) is 0 Å². The lowest BCUT2D eigenvalue weighted by Gasteiger charge is -2.36. The molecule has 0 saturated carbocycles. The minimum absolute atomic E-state index is 0.0944. The van der Waals surface area contributed by atoms with Crippen molar-refractivity contribution in [3.63, 3.8) is 0 Å². The predicted octanol–water partition coefficient (Wildman–Crippen LogP) is 0.550. The lowest BCUT2D eigenvalue weighted by Crippen LogP contribution is -2.50. The highest BCUT2D eigenvalue weighted by Crippen LogP contribution is 2.23. The molecule has 1 N–H and O–H groups in total. The van der Waals surface area contributed by atoms with Crippen LogP contribution < -0.4 is 5.32 Å². The fourth-order valence-electron chi connectivity index (χ4n) is 3.76. The fraction of sp³-hybridized carbons (Fsp3) is 0.842. The van der Waals surface area contributed by atoms with Gasteiger partial charge < -0.3 is 15.1 Å². The number of carbonyl (C=O) groups is 3. The van der Waals surface area contributed by atoms with Gasteiger partial charge in [0.2, 0.25) is 17.7 Å². The Morgan fingerprint density at radius 3 is 2.15 bits per heavy atom. The summed E-state index contributed by atoms with van der Waals surface area (Å²) < 4.78 is 0. The number of piperidine rings is 2. The van der Waals surface area contributed by atoms with Crippen LogP contribution in [0, 0.1) is 11.8 Å². The maximum absolute atomic E-state index is 12.7. The molecule has 148 valence electrons. The molecule has 0 aromatic heterocycles. The minimum Gasteiger partial charge on any atom is -0.347 e. The van der Waals surface area contributed by atoms with Crippen molar-refractivity contribution in [2.45, 2.75) is 45.6 Å². The standard InChI is InChI=1S/C19H34N4O3/c1-14-5-11-23(12-6-14)19(26)16-7-9-22(10-8-16)13-17(24)20-15(2)18(25)21(3)4/h14-16H,5-13H2,1-4H3,(H,20,24). The average Bonchev–Trinajstić information content (AvgIpc) is 2.61. The van der Waals surface area contributed by atoms with Gasteiger partial charge in [0.15, 0.2) is 0 Å². The van der Waals surface area contributed by atoms with Crippen molar-refractivity contribution < 1.29 is 14.4 Å². The van der Waals surface area contributed by atoms with Crippen LogP contribution in [-0.4, -0.2) is 85.3 Å². The molecule has 1 atom stereocenters. The van der Waals surface area contributed by atoms with E-state index in [1.54, 1.807) is 21.0 Å². The summed E-state index contributed by atoms with van der Waals surface area (Å²) in [6.45, 7) is 7.52. The van der Waals surface area contributed by atoms with E-state index >= 15 is 0 Å². The number of hydrogen-bond donors (Lipinski definition) is 1. The molecule has 7 heteroatoms. The van der Waals surface area contributed by atoms with Gasteiger partial charge >= 0.3 is 0 Å². The van der Waals surface area contributed by atoms with Crippen LogP contribution in [0.15, 0.2) is 0 Å². The highest BCUT2D eigenvalue weighted by Gasteiger charge is 2.30. The zero-order valence-corrected chi connectivity index (χ0v) is 16.7. The second-order valence-electron chi connectivity index (χ2n) is 8.08. The van der Waals surface area contributed by atoms with Crippen molar-refractivity contribution in [2.24, 2.45) is 11.8 Å². The quantitative estimate of drug-likeness (QED) is 0.771. The molecular weight excluding hydrogens is 332 g/mol. The molecule has 3 amide bonds. The summed E-state index contributed by atoms with van der Waals surface area (Å²) in [6.07, 6.45) is 3.83. The Kier molecular flexibility index (Phi) is 7.43. The summed E-state index contributed by atoms with van der Waals surface area (Å²) in [5.41, 5.74) is 0. The largest absolute Gasteiger partial charge is 0.347 e. The Bertz CT molecular complexity index is 507. The molecule has 2 aliphatic heterocycles. The van der Waals surface area contributed by atoms with Gasteiger partial charge in [-0.15, -0.1) is 0 Å². The van der Waals surface area contributed by atoms with Crippen molar-refractivity contribution >= 4 is 17.7 Å². The van der Waals surface area contributed by atoms with Crippen molar-refractivity contribution in [1.82, 2.24) is 20.0 Å². The summed E-state index contributed by atoms with van der Waals surface area (Å²) in [4.78, 5) is 42.2. The first-order valence-corrected chi connectivity index (χ1v) is 9.79. The molecule has 0 radical (unpaired) electrons. The molecule has 0 aromatic rings. The third kappa shape index (κ3) is 5.69. The number of amides is 3. The van der Waals surface area contributed by atoms with Gasteiger partial charge in [-0.05, 0) is 51.6 Å². The van der Waals surface area contributed by atoms with E-state index in [1.807, 2.05) is 4.90 Å². The van der Waals surface area contributed by atoms with Crippen LogP contribution in [0.5, 0.6) is 0 Å². The molecule has 0 bridgehead atoms. The Hall–Kier alpha value is -1.63. The lowest BCUT2D eigenvalue weighted by atomic mass is 9.92. The van der Waals surface area contributed by atoms with Gasteiger partial charge in [-0.3, -0.25) is 19.3 Å². The number of carbonyl (C=O) groups excluding carboxylic acids is 3. The van der Waals surface area contributed by atoms with Crippen molar-refractivity contribution in [3.8, 4) is 0 Å². The van der Waals surface area contributed by atoms with Crippen LogP contribution in [0.2, 0.25) is 0 Å². The summed E-state index contributed by atoms with van der Waals surface area (Å²) >= 11 is 0. The summed E-state index contributed by atoms with van der Waals surface area (Å²) in [7, 11) is 3.35. The number of rotatable bonds is 5. The van der Waals surface area contributed by atoms with E-state index in [-0.39, 0.29) is 24.3 Å². The Morgan fingerprint density at radius 1 is 1.04 bits per heavy atom. The normalized spacial score (nSPS) is 21.3. The van der Waals surface area contributed by atoms with E-state index in [1.165, 1.54) is 4.90 Å². The van der Waals surface area contributed by atoms with Crippen LogP contribution in [0.1, 0.15) is 39.5 Å². The Labute approximate surface area is 157 Å². The molecule has 0 aliphatic carbocycles. The second kappa shape index (κ2) is 9.35. The molecule has 2 saturated heterocycles. The maximum Gasteiger partial charge on any atom is 0.244 e. The van der Waals surface area contributed by atoms with Gasteiger partial charge in [0.1, 0.15) is 6.04 Å². The number of hydrogen-bond acceptors (Lipinski definition) is 4. The molecular formula is C19H34N4O3. The monoisotopic (exact) mass is 366 g/mol. The van der Waals surface area contributed by atoms with E-state index in [2.05, 4.69) is 17.1 Å². The molecule has 7 nitrogen and oxygen atoms in total. The van der Waals surface area contributed by atoms with E-state index in [0.29, 0.717) is 5.91 Å². The van der Waals surface area contributed by atoms with Gasteiger partial charge in [-0.2, -0.15) is 0 Å². The van der Waals surface area contributed by atoms with Crippen LogP contribution in [0.4, 0.5) is 0 Å². The van der Waals surface area contributed by atoms with Gasteiger partial charge in [0.05, 0.1) is 6.54 Å². The van der Waals surface area contributed by atoms with Crippen LogP contribution in [0.3, 0.4) is 0 Å².